The second kappa shape index (κ2) is 7.37. The summed E-state index contributed by atoms with van der Waals surface area (Å²) in [6.07, 6.45) is 4.19. The molecule has 0 unspecified atom stereocenters. The average Bonchev–Trinajstić information content (AvgIpc) is 2.38. The molecule has 1 rings (SSSR count). The molecule has 0 aromatic carbocycles. The van der Waals surface area contributed by atoms with E-state index in [1.807, 2.05) is 12.3 Å². The van der Waals surface area contributed by atoms with Gasteiger partial charge in [-0.25, -0.2) is 4.98 Å². The number of rotatable bonds is 7. The first-order valence-corrected chi connectivity index (χ1v) is 7.00. The van der Waals surface area contributed by atoms with Crippen LogP contribution in [0.25, 0.3) is 0 Å². The topological polar surface area (TPSA) is 28.2 Å². The van der Waals surface area contributed by atoms with Gasteiger partial charge in [-0.15, -0.1) is 0 Å². The SMILES string of the molecule is CCC(CC)N(C)c1ncccc1CNC(C)C. The van der Waals surface area contributed by atoms with Gasteiger partial charge in [-0.3, -0.25) is 0 Å². The van der Waals surface area contributed by atoms with Crippen LogP contribution >= 0.6 is 0 Å². The van der Waals surface area contributed by atoms with Gasteiger partial charge in [0.25, 0.3) is 0 Å². The summed E-state index contributed by atoms with van der Waals surface area (Å²) in [4.78, 5) is 6.88. The molecule has 0 aliphatic rings. The van der Waals surface area contributed by atoms with Crippen molar-refractivity contribution in [1.29, 1.82) is 0 Å². The Morgan fingerprint density at radius 1 is 1.28 bits per heavy atom. The molecule has 0 aliphatic carbocycles. The molecule has 1 aromatic rings. The van der Waals surface area contributed by atoms with Gasteiger partial charge < -0.3 is 10.2 Å². The van der Waals surface area contributed by atoms with Crippen LogP contribution in [0.2, 0.25) is 0 Å². The summed E-state index contributed by atoms with van der Waals surface area (Å²) < 4.78 is 0. The Labute approximate surface area is 112 Å². The van der Waals surface area contributed by atoms with Gasteiger partial charge in [0.15, 0.2) is 0 Å². The molecule has 1 N–H and O–H groups in total. The van der Waals surface area contributed by atoms with Crippen LogP contribution < -0.4 is 10.2 Å². The van der Waals surface area contributed by atoms with E-state index in [9.17, 15) is 0 Å². The highest BCUT2D eigenvalue weighted by atomic mass is 15.2. The van der Waals surface area contributed by atoms with Crippen molar-refractivity contribution in [2.45, 2.75) is 59.2 Å². The highest BCUT2D eigenvalue weighted by Crippen LogP contribution is 2.20. The average molecular weight is 249 g/mol. The van der Waals surface area contributed by atoms with Gasteiger partial charge in [-0.1, -0.05) is 33.8 Å². The molecular formula is C15H27N3. The summed E-state index contributed by atoms with van der Waals surface area (Å²) in [7, 11) is 2.15. The lowest BCUT2D eigenvalue weighted by molar-refractivity contribution is 0.569. The van der Waals surface area contributed by atoms with Crippen molar-refractivity contribution in [3.8, 4) is 0 Å². The molecule has 0 fully saturated rings. The van der Waals surface area contributed by atoms with Crippen molar-refractivity contribution in [3.05, 3.63) is 23.9 Å². The Balaban J connectivity index is 2.86. The molecule has 0 aliphatic heterocycles. The molecule has 0 amide bonds. The fourth-order valence-corrected chi connectivity index (χ4v) is 2.21. The van der Waals surface area contributed by atoms with Gasteiger partial charge in [0.2, 0.25) is 0 Å². The van der Waals surface area contributed by atoms with E-state index in [0.717, 1.165) is 25.2 Å². The first-order chi connectivity index (χ1) is 8.60. The van der Waals surface area contributed by atoms with Crippen molar-refractivity contribution < 1.29 is 0 Å². The van der Waals surface area contributed by atoms with Crippen molar-refractivity contribution >= 4 is 5.82 Å². The van der Waals surface area contributed by atoms with Gasteiger partial charge in [-0.05, 0) is 18.9 Å². The minimum Gasteiger partial charge on any atom is -0.356 e. The minimum absolute atomic E-state index is 0.497. The molecule has 0 bridgehead atoms. The molecule has 0 radical (unpaired) electrons. The quantitative estimate of drug-likeness (QED) is 0.804. The maximum atomic E-state index is 4.56. The van der Waals surface area contributed by atoms with Crippen molar-refractivity contribution in [3.63, 3.8) is 0 Å². The predicted molar refractivity (Wildman–Crippen MR) is 79.0 cm³/mol. The number of anilines is 1. The molecule has 1 heterocycles. The molecule has 102 valence electrons. The van der Waals surface area contributed by atoms with E-state index in [-0.39, 0.29) is 0 Å². The van der Waals surface area contributed by atoms with Crippen LogP contribution in [0.1, 0.15) is 46.1 Å². The normalized spacial score (nSPS) is 11.3. The summed E-state index contributed by atoms with van der Waals surface area (Å²) in [5, 5.41) is 3.47. The Morgan fingerprint density at radius 2 is 1.94 bits per heavy atom. The number of hydrogen-bond acceptors (Lipinski definition) is 3. The number of aromatic nitrogens is 1. The van der Waals surface area contributed by atoms with E-state index < -0.39 is 0 Å². The van der Waals surface area contributed by atoms with E-state index in [1.54, 1.807) is 0 Å². The Morgan fingerprint density at radius 3 is 2.50 bits per heavy atom. The smallest absolute Gasteiger partial charge is 0.132 e. The van der Waals surface area contributed by atoms with Crippen LogP contribution in [0.4, 0.5) is 5.82 Å². The van der Waals surface area contributed by atoms with Crippen molar-refractivity contribution in [2.75, 3.05) is 11.9 Å². The maximum Gasteiger partial charge on any atom is 0.132 e. The Bertz CT molecular complexity index is 345. The summed E-state index contributed by atoms with van der Waals surface area (Å²) in [5.41, 5.74) is 1.28. The second-order valence-corrected chi connectivity index (χ2v) is 5.10. The lowest BCUT2D eigenvalue weighted by Gasteiger charge is -2.29. The van der Waals surface area contributed by atoms with Crippen molar-refractivity contribution in [2.24, 2.45) is 0 Å². The predicted octanol–water partition coefficient (Wildman–Crippen LogP) is 3.20. The third-order valence-corrected chi connectivity index (χ3v) is 3.39. The zero-order valence-electron chi connectivity index (χ0n) is 12.4. The first-order valence-electron chi connectivity index (χ1n) is 7.00. The summed E-state index contributed by atoms with van der Waals surface area (Å²) >= 11 is 0. The molecule has 0 saturated carbocycles. The molecular weight excluding hydrogens is 222 g/mol. The van der Waals surface area contributed by atoms with Crippen LogP contribution in [0, 0.1) is 0 Å². The molecule has 3 nitrogen and oxygen atoms in total. The van der Waals surface area contributed by atoms with E-state index in [1.165, 1.54) is 5.56 Å². The second-order valence-electron chi connectivity index (χ2n) is 5.10. The van der Waals surface area contributed by atoms with E-state index >= 15 is 0 Å². The number of nitrogens with zero attached hydrogens (tertiary/aromatic N) is 2. The summed E-state index contributed by atoms with van der Waals surface area (Å²) in [6.45, 7) is 9.69. The van der Waals surface area contributed by atoms with E-state index in [0.29, 0.717) is 12.1 Å². The van der Waals surface area contributed by atoms with Crippen LogP contribution in [0.15, 0.2) is 18.3 Å². The van der Waals surface area contributed by atoms with Crippen LogP contribution in [0.5, 0.6) is 0 Å². The molecule has 0 spiro atoms. The standard InChI is InChI=1S/C15H27N3/c1-6-14(7-2)18(5)15-13(9-8-10-16-15)11-17-12(3)4/h8-10,12,14,17H,6-7,11H2,1-5H3. The third kappa shape index (κ3) is 3.98. The monoisotopic (exact) mass is 249 g/mol. The lowest BCUT2D eigenvalue weighted by atomic mass is 10.1. The van der Waals surface area contributed by atoms with Crippen LogP contribution in [-0.2, 0) is 6.54 Å². The van der Waals surface area contributed by atoms with Gasteiger partial charge in [-0.2, -0.15) is 0 Å². The van der Waals surface area contributed by atoms with Crippen LogP contribution in [-0.4, -0.2) is 24.1 Å². The lowest BCUT2D eigenvalue weighted by Crippen LogP contribution is -2.33. The molecule has 1 aromatic heterocycles. The summed E-state index contributed by atoms with van der Waals surface area (Å²) in [5.74, 6) is 1.11. The Hall–Kier alpha value is -1.09. The van der Waals surface area contributed by atoms with Crippen LogP contribution in [0.3, 0.4) is 0 Å². The highest BCUT2D eigenvalue weighted by Gasteiger charge is 2.15. The summed E-state index contributed by atoms with van der Waals surface area (Å²) in [6, 6.07) is 5.24. The van der Waals surface area contributed by atoms with E-state index in [2.05, 4.69) is 56.0 Å². The van der Waals surface area contributed by atoms with Gasteiger partial charge in [0, 0.05) is 37.4 Å². The minimum atomic E-state index is 0.497. The zero-order chi connectivity index (χ0) is 13.5. The number of nitrogens with one attached hydrogen (secondary N) is 1. The Kier molecular flexibility index (Phi) is 6.13. The third-order valence-electron chi connectivity index (χ3n) is 3.39. The largest absolute Gasteiger partial charge is 0.356 e. The van der Waals surface area contributed by atoms with Gasteiger partial charge in [0.05, 0.1) is 0 Å². The van der Waals surface area contributed by atoms with Crippen molar-refractivity contribution in [1.82, 2.24) is 10.3 Å². The number of pyridine rings is 1. The fraction of sp³-hybridized carbons (Fsp3) is 0.667. The highest BCUT2D eigenvalue weighted by molar-refractivity contribution is 5.46. The fourth-order valence-electron chi connectivity index (χ4n) is 2.21. The number of hydrogen-bond donors (Lipinski definition) is 1. The molecule has 0 saturated heterocycles. The van der Waals surface area contributed by atoms with E-state index in [4.69, 9.17) is 0 Å². The van der Waals surface area contributed by atoms with Gasteiger partial charge in [0.1, 0.15) is 5.82 Å². The molecule has 0 atom stereocenters. The van der Waals surface area contributed by atoms with Gasteiger partial charge >= 0.3 is 0 Å². The maximum absolute atomic E-state index is 4.56. The zero-order valence-corrected chi connectivity index (χ0v) is 12.4. The molecule has 18 heavy (non-hydrogen) atoms. The molecule has 3 heteroatoms. The first kappa shape index (κ1) is 15.0.